The number of carbonyl (C=O) groups is 4. The molecule has 1 fully saturated rings. The molecule has 2 aromatic rings. The molecule has 0 spiro atoms. The van der Waals surface area contributed by atoms with Crippen LogP contribution in [0.4, 0.5) is 16.2 Å². The predicted octanol–water partition coefficient (Wildman–Crippen LogP) is 2.23. The molecule has 1 aliphatic heterocycles. The fourth-order valence-corrected chi connectivity index (χ4v) is 3.50. The van der Waals surface area contributed by atoms with Crippen LogP contribution in [0, 0.1) is 12.8 Å². The number of nitrogens with zero attached hydrogens (tertiary/aromatic N) is 1. The molecule has 1 heterocycles. The van der Waals surface area contributed by atoms with Gasteiger partial charge in [-0.25, -0.2) is 4.79 Å². The zero-order valence-corrected chi connectivity index (χ0v) is 17.8. The van der Waals surface area contributed by atoms with E-state index in [4.69, 9.17) is 5.11 Å². The Kier molecular flexibility index (Phi) is 7.43. The third-order valence-corrected chi connectivity index (χ3v) is 5.29. The van der Waals surface area contributed by atoms with Crippen molar-refractivity contribution in [2.24, 2.45) is 5.92 Å². The van der Waals surface area contributed by atoms with Gasteiger partial charge in [0.2, 0.25) is 11.8 Å². The highest BCUT2D eigenvalue weighted by Crippen LogP contribution is 2.19. The van der Waals surface area contributed by atoms with Crippen LogP contribution in [0.2, 0.25) is 0 Å². The molecule has 2 aromatic carbocycles. The number of hydrogen-bond donors (Lipinski definition) is 4. The monoisotopic (exact) mass is 438 g/mol. The Bertz CT molecular complexity index is 1010. The Morgan fingerprint density at radius 2 is 1.75 bits per heavy atom. The minimum Gasteiger partial charge on any atom is -0.480 e. The van der Waals surface area contributed by atoms with Crippen molar-refractivity contribution in [1.29, 1.82) is 0 Å². The number of nitrogens with one attached hydrogen (secondary N) is 3. The number of benzene rings is 2. The van der Waals surface area contributed by atoms with E-state index in [0.717, 1.165) is 16.8 Å². The van der Waals surface area contributed by atoms with Crippen molar-refractivity contribution in [2.75, 3.05) is 30.3 Å². The van der Waals surface area contributed by atoms with Gasteiger partial charge in [-0.05, 0) is 42.7 Å². The molecule has 3 rings (SSSR count). The quantitative estimate of drug-likeness (QED) is 0.527. The molecule has 4 amide bonds. The van der Waals surface area contributed by atoms with E-state index in [0.29, 0.717) is 18.7 Å². The van der Waals surface area contributed by atoms with Crippen molar-refractivity contribution in [2.45, 2.75) is 19.8 Å². The number of rotatable bonds is 7. The normalized spacial score (nSPS) is 15.2. The van der Waals surface area contributed by atoms with Gasteiger partial charge < -0.3 is 26.0 Å². The zero-order chi connectivity index (χ0) is 23.1. The summed E-state index contributed by atoms with van der Waals surface area (Å²) < 4.78 is 0. The smallest absolute Gasteiger partial charge is 0.323 e. The van der Waals surface area contributed by atoms with Crippen molar-refractivity contribution in [3.63, 3.8) is 0 Å². The molecule has 4 N–H and O–H groups in total. The molecule has 0 saturated carbocycles. The molecule has 1 saturated heterocycles. The van der Waals surface area contributed by atoms with Crippen LogP contribution in [-0.2, 0) is 20.8 Å². The van der Waals surface area contributed by atoms with Crippen LogP contribution >= 0.6 is 0 Å². The van der Waals surface area contributed by atoms with Crippen molar-refractivity contribution < 1.29 is 24.3 Å². The Morgan fingerprint density at radius 3 is 2.44 bits per heavy atom. The van der Waals surface area contributed by atoms with Gasteiger partial charge in [0.15, 0.2) is 0 Å². The molecule has 1 aliphatic rings. The van der Waals surface area contributed by atoms with Gasteiger partial charge in [-0.3, -0.25) is 14.4 Å². The molecule has 0 aromatic heterocycles. The van der Waals surface area contributed by atoms with Gasteiger partial charge in [0.05, 0.1) is 12.3 Å². The lowest BCUT2D eigenvalue weighted by Gasteiger charge is -2.16. The summed E-state index contributed by atoms with van der Waals surface area (Å²) in [6.45, 7) is 2.23. The summed E-state index contributed by atoms with van der Waals surface area (Å²) >= 11 is 0. The number of hydrogen-bond acceptors (Lipinski definition) is 4. The summed E-state index contributed by atoms with van der Waals surface area (Å²) in [6, 6.07) is 14.1. The molecule has 32 heavy (non-hydrogen) atoms. The number of carbonyl (C=O) groups excluding carboxylic acids is 3. The van der Waals surface area contributed by atoms with Gasteiger partial charge in [0.1, 0.15) is 6.54 Å². The fourth-order valence-electron chi connectivity index (χ4n) is 3.50. The van der Waals surface area contributed by atoms with Crippen LogP contribution in [0.1, 0.15) is 17.5 Å². The number of anilines is 2. The molecule has 1 atom stereocenters. The van der Waals surface area contributed by atoms with E-state index in [1.54, 1.807) is 29.2 Å². The third-order valence-electron chi connectivity index (χ3n) is 5.29. The average molecular weight is 438 g/mol. The molecule has 0 unspecified atom stereocenters. The maximum Gasteiger partial charge on any atom is 0.323 e. The van der Waals surface area contributed by atoms with E-state index >= 15 is 0 Å². The van der Waals surface area contributed by atoms with Gasteiger partial charge in [0, 0.05) is 24.5 Å². The van der Waals surface area contributed by atoms with Gasteiger partial charge in [-0.2, -0.15) is 0 Å². The Hall–Kier alpha value is -3.88. The minimum absolute atomic E-state index is 0.100. The highest BCUT2D eigenvalue weighted by molar-refractivity contribution is 6.00. The topological polar surface area (TPSA) is 128 Å². The maximum atomic E-state index is 12.6. The summed E-state index contributed by atoms with van der Waals surface area (Å²) in [5, 5.41) is 16.6. The van der Waals surface area contributed by atoms with E-state index in [-0.39, 0.29) is 30.8 Å². The van der Waals surface area contributed by atoms with Gasteiger partial charge in [-0.15, -0.1) is 0 Å². The van der Waals surface area contributed by atoms with Crippen molar-refractivity contribution >= 4 is 35.2 Å². The van der Waals surface area contributed by atoms with Crippen LogP contribution in [0.5, 0.6) is 0 Å². The molecule has 0 radical (unpaired) electrons. The summed E-state index contributed by atoms with van der Waals surface area (Å²) in [7, 11) is 0. The summed E-state index contributed by atoms with van der Waals surface area (Å²) in [5.74, 6) is -1.94. The van der Waals surface area contributed by atoms with E-state index in [9.17, 15) is 19.2 Å². The van der Waals surface area contributed by atoms with Gasteiger partial charge >= 0.3 is 12.0 Å². The van der Waals surface area contributed by atoms with Gasteiger partial charge in [0.25, 0.3) is 0 Å². The van der Waals surface area contributed by atoms with E-state index in [2.05, 4.69) is 16.0 Å². The summed E-state index contributed by atoms with van der Waals surface area (Å²) in [6.07, 6.45) is 0.690. The van der Waals surface area contributed by atoms with E-state index in [1.165, 1.54) is 0 Å². The highest BCUT2D eigenvalue weighted by atomic mass is 16.4. The Labute approximate surface area is 185 Å². The number of amides is 4. The highest BCUT2D eigenvalue weighted by Gasteiger charge is 2.31. The van der Waals surface area contributed by atoms with Crippen LogP contribution < -0.4 is 16.0 Å². The van der Waals surface area contributed by atoms with Crippen molar-refractivity contribution in [1.82, 2.24) is 10.2 Å². The van der Waals surface area contributed by atoms with Gasteiger partial charge in [-0.1, -0.05) is 30.3 Å². The number of urea groups is 1. The SMILES string of the molecule is Cc1ccccc1NC(=O)Nc1ccc(CC(=O)N2CC[C@@H](C(=O)NCC(=O)O)C2)cc1. The molecule has 9 heteroatoms. The number of likely N-dealkylation sites (tertiary alicyclic amines) is 1. The molecule has 168 valence electrons. The minimum atomic E-state index is -1.10. The number of carboxylic acid groups (broad SMARTS) is 1. The molecular formula is C23H26N4O5. The molecule has 0 aliphatic carbocycles. The maximum absolute atomic E-state index is 12.6. The first kappa shape index (κ1) is 22.8. The lowest BCUT2D eigenvalue weighted by Crippen LogP contribution is -2.37. The van der Waals surface area contributed by atoms with Crippen molar-refractivity contribution in [3.8, 4) is 0 Å². The first-order valence-corrected chi connectivity index (χ1v) is 10.3. The van der Waals surface area contributed by atoms with Crippen LogP contribution in [-0.4, -0.2) is 53.5 Å². The molecular weight excluding hydrogens is 412 g/mol. The lowest BCUT2D eigenvalue weighted by atomic mass is 10.1. The van der Waals surface area contributed by atoms with Crippen LogP contribution in [0.3, 0.4) is 0 Å². The van der Waals surface area contributed by atoms with E-state index in [1.807, 2.05) is 31.2 Å². The summed E-state index contributed by atoms with van der Waals surface area (Å²) in [4.78, 5) is 48.9. The number of aryl methyl sites for hydroxylation is 1. The first-order valence-electron chi connectivity index (χ1n) is 10.3. The second kappa shape index (κ2) is 10.4. The number of para-hydroxylation sites is 1. The largest absolute Gasteiger partial charge is 0.480 e. The Balaban J connectivity index is 1.47. The molecule has 9 nitrogen and oxygen atoms in total. The lowest BCUT2D eigenvalue weighted by molar-refractivity contribution is -0.138. The van der Waals surface area contributed by atoms with E-state index < -0.39 is 18.4 Å². The fraction of sp³-hybridized carbons (Fsp3) is 0.304. The first-order chi connectivity index (χ1) is 15.3. The van der Waals surface area contributed by atoms with Crippen LogP contribution in [0.15, 0.2) is 48.5 Å². The zero-order valence-electron chi connectivity index (χ0n) is 17.8. The number of aliphatic carboxylic acids is 1. The number of carboxylic acids is 1. The summed E-state index contributed by atoms with van der Waals surface area (Å²) in [5.41, 5.74) is 3.08. The second-order valence-corrected chi connectivity index (χ2v) is 7.70. The third kappa shape index (κ3) is 6.31. The van der Waals surface area contributed by atoms with Crippen molar-refractivity contribution in [3.05, 3.63) is 59.7 Å². The standard InChI is InChI=1S/C23H26N4O5/c1-15-4-2-3-5-19(15)26-23(32)25-18-8-6-16(7-9-18)12-20(28)27-11-10-17(14-27)22(31)24-13-21(29)30/h2-9,17H,10-14H2,1H3,(H,24,31)(H,29,30)(H2,25,26,32)/t17-/m1/s1. The Morgan fingerprint density at radius 1 is 1.03 bits per heavy atom. The molecule has 0 bridgehead atoms. The average Bonchev–Trinajstić information content (AvgIpc) is 3.25. The van der Waals surface area contributed by atoms with Crippen LogP contribution in [0.25, 0.3) is 0 Å². The second-order valence-electron chi connectivity index (χ2n) is 7.70. The predicted molar refractivity (Wildman–Crippen MR) is 119 cm³/mol.